The molecule has 90 valence electrons. The van der Waals surface area contributed by atoms with Crippen molar-refractivity contribution >= 4 is 17.7 Å². The smallest absolute Gasteiger partial charge is 0.404 e. The third-order valence-electron chi connectivity index (χ3n) is 2.88. The fourth-order valence-corrected chi connectivity index (χ4v) is 1.89. The summed E-state index contributed by atoms with van der Waals surface area (Å²) in [6.07, 6.45) is 0.118. The zero-order chi connectivity index (χ0) is 12.3. The van der Waals surface area contributed by atoms with Crippen molar-refractivity contribution in [1.29, 1.82) is 0 Å². The van der Waals surface area contributed by atoms with Crippen LogP contribution >= 0.6 is 0 Å². The molecule has 0 aliphatic heterocycles. The third kappa shape index (κ3) is 2.96. The van der Waals surface area contributed by atoms with Crippen LogP contribution in [0.25, 0.3) is 0 Å². The van der Waals surface area contributed by atoms with Gasteiger partial charge in [0.1, 0.15) is 0 Å². The summed E-state index contributed by atoms with van der Waals surface area (Å²) in [5.41, 5.74) is 0.771. The second-order valence-electron chi connectivity index (χ2n) is 4.17. The highest BCUT2D eigenvalue weighted by atomic mass is 16.4. The van der Waals surface area contributed by atoms with Gasteiger partial charge in [-0.2, -0.15) is 0 Å². The van der Waals surface area contributed by atoms with Crippen molar-refractivity contribution in [3.63, 3.8) is 0 Å². The second-order valence-corrected chi connectivity index (χ2v) is 4.17. The highest BCUT2D eigenvalue weighted by molar-refractivity contribution is 5.93. The quantitative estimate of drug-likeness (QED) is 0.744. The van der Waals surface area contributed by atoms with Crippen molar-refractivity contribution < 1.29 is 14.7 Å². The maximum absolute atomic E-state index is 11.7. The van der Waals surface area contributed by atoms with Crippen LogP contribution in [0.2, 0.25) is 0 Å². The fourth-order valence-electron chi connectivity index (χ4n) is 1.89. The molecule has 1 aliphatic rings. The largest absolute Gasteiger partial charge is 0.465 e. The Hall–Kier alpha value is -2.04. The van der Waals surface area contributed by atoms with Gasteiger partial charge in [-0.05, 0) is 25.0 Å². The normalized spacial score (nSPS) is 22.4. The molecule has 5 nitrogen and oxygen atoms in total. The van der Waals surface area contributed by atoms with Gasteiger partial charge in [-0.15, -0.1) is 0 Å². The van der Waals surface area contributed by atoms with Gasteiger partial charge in [-0.3, -0.25) is 4.79 Å². The lowest BCUT2D eigenvalue weighted by molar-refractivity contribution is -0.122. The monoisotopic (exact) mass is 234 g/mol. The van der Waals surface area contributed by atoms with Crippen molar-refractivity contribution in [3.8, 4) is 0 Å². The zero-order valence-corrected chi connectivity index (χ0v) is 9.22. The van der Waals surface area contributed by atoms with E-state index in [2.05, 4.69) is 10.6 Å². The molecule has 3 N–H and O–H groups in total. The maximum Gasteiger partial charge on any atom is 0.404 e. The van der Waals surface area contributed by atoms with Gasteiger partial charge in [0.2, 0.25) is 5.91 Å². The van der Waals surface area contributed by atoms with E-state index in [0.29, 0.717) is 12.8 Å². The number of hydrogen-bond acceptors (Lipinski definition) is 2. The Morgan fingerprint density at radius 1 is 1.18 bits per heavy atom. The van der Waals surface area contributed by atoms with E-state index in [1.54, 1.807) is 0 Å². The van der Waals surface area contributed by atoms with Gasteiger partial charge in [-0.1, -0.05) is 18.2 Å². The highest BCUT2D eigenvalue weighted by Crippen LogP contribution is 2.28. The van der Waals surface area contributed by atoms with Crippen LogP contribution in [0.5, 0.6) is 0 Å². The van der Waals surface area contributed by atoms with Gasteiger partial charge in [0, 0.05) is 17.6 Å². The lowest BCUT2D eigenvalue weighted by Crippen LogP contribution is -2.47. The first-order valence-corrected chi connectivity index (χ1v) is 5.50. The maximum atomic E-state index is 11.7. The summed E-state index contributed by atoms with van der Waals surface area (Å²) in [6, 6.07) is 9.15. The van der Waals surface area contributed by atoms with Crippen molar-refractivity contribution in [2.75, 3.05) is 5.32 Å². The molecule has 0 heterocycles. The Labute approximate surface area is 98.8 Å². The molecule has 1 aliphatic carbocycles. The Bertz CT molecular complexity index is 413. The number of amides is 2. The zero-order valence-electron chi connectivity index (χ0n) is 9.22. The van der Waals surface area contributed by atoms with Gasteiger partial charge in [-0.25, -0.2) is 4.79 Å². The summed E-state index contributed by atoms with van der Waals surface area (Å²) in [5.74, 6) is -0.133. The molecule has 2 rings (SSSR count). The van der Waals surface area contributed by atoms with E-state index < -0.39 is 6.09 Å². The van der Waals surface area contributed by atoms with Gasteiger partial charge < -0.3 is 15.7 Å². The molecule has 1 aromatic carbocycles. The number of benzene rings is 1. The van der Waals surface area contributed by atoms with E-state index >= 15 is 0 Å². The van der Waals surface area contributed by atoms with Crippen molar-refractivity contribution in [3.05, 3.63) is 30.3 Å². The number of carbonyl (C=O) groups is 2. The van der Waals surface area contributed by atoms with E-state index in [1.807, 2.05) is 30.3 Å². The Balaban J connectivity index is 1.78. The average molecular weight is 234 g/mol. The minimum absolute atomic E-state index is 0.0420. The van der Waals surface area contributed by atoms with Crippen molar-refractivity contribution in [1.82, 2.24) is 5.32 Å². The first-order chi connectivity index (χ1) is 8.15. The number of carboxylic acid groups (broad SMARTS) is 1. The first kappa shape index (κ1) is 11.4. The number of carbonyl (C=O) groups excluding carboxylic acids is 1. The predicted octanol–water partition coefficient (Wildman–Crippen LogP) is 1.67. The number of para-hydroxylation sites is 1. The molecule has 0 unspecified atom stereocenters. The number of hydrogen-bond donors (Lipinski definition) is 3. The third-order valence-corrected chi connectivity index (χ3v) is 2.88. The van der Waals surface area contributed by atoms with E-state index in [1.165, 1.54) is 0 Å². The lowest BCUT2D eigenvalue weighted by atomic mass is 9.79. The van der Waals surface area contributed by atoms with Crippen LogP contribution in [0.1, 0.15) is 12.8 Å². The van der Waals surface area contributed by atoms with Crippen LogP contribution in [0.3, 0.4) is 0 Å². The van der Waals surface area contributed by atoms with Crippen LogP contribution in [0.4, 0.5) is 10.5 Å². The molecule has 1 fully saturated rings. The summed E-state index contributed by atoms with van der Waals surface area (Å²) in [6.45, 7) is 0. The van der Waals surface area contributed by atoms with E-state index in [-0.39, 0.29) is 17.9 Å². The molecule has 0 radical (unpaired) electrons. The Morgan fingerprint density at radius 3 is 2.41 bits per heavy atom. The van der Waals surface area contributed by atoms with Gasteiger partial charge in [0.05, 0.1) is 0 Å². The molecule has 2 amide bonds. The van der Waals surface area contributed by atoms with Crippen LogP contribution in [0, 0.1) is 5.92 Å². The molecule has 1 saturated carbocycles. The van der Waals surface area contributed by atoms with E-state index in [4.69, 9.17) is 5.11 Å². The number of nitrogens with one attached hydrogen (secondary N) is 2. The van der Waals surface area contributed by atoms with Crippen molar-refractivity contribution in [2.45, 2.75) is 18.9 Å². The molecular formula is C12H14N2O3. The average Bonchev–Trinajstić information content (AvgIpc) is 2.23. The molecule has 0 bridgehead atoms. The molecule has 0 spiro atoms. The number of anilines is 1. The molecule has 17 heavy (non-hydrogen) atoms. The standard InChI is InChI=1S/C12H14N2O3/c15-11(13-9-4-2-1-3-5-9)8-6-10(7-8)14-12(16)17/h1-5,8,10,14H,6-7H2,(H,13,15)(H,16,17). The van der Waals surface area contributed by atoms with E-state index in [9.17, 15) is 9.59 Å². The molecule has 0 aromatic heterocycles. The van der Waals surface area contributed by atoms with E-state index in [0.717, 1.165) is 5.69 Å². The molecule has 1 aromatic rings. The van der Waals surface area contributed by atoms with Gasteiger partial charge in [0.25, 0.3) is 0 Å². The fraction of sp³-hybridized carbons (Fsp3) is 0.333. The van der Waals surface area contributed by atoms with Crippen LogP contribution in [-0.2, 0) is 4.79 Å². The summed E-state index contributed by atoms with van der Waals surface area (Å²) in [5, 5.41) is 13.7. The molecule has 5 heteroatoms. The Kier molecular flexibility index (Phi) is 3.27. The minimum Gasteiger partial charge on any atom is -0.465 e. The lowest BCUT2D eigenvalue weighted by Gasteiger charge is -2.33. The second kappa shape index (κ2) is 4.86. The summed E-state index contributed by atoms with van der Waals surface area (Å²) in [4.78, 5) is 22.1. The van der Waals surface area contributed by atoms with Crippen molar-refractivity contribution in [2.24, 2.45) is 5.92 Å². The highest BCUT2D eigenvalue weighted by Gasteiger charge is 2.35. The van der Waals surface area contributed by atoms with Crippen LogP contribution in [-0.4, -0.2) is 23.1 Å². The predicted molar refractivity (Wildman–Crippen MR) is 62.7 cm³/mol. The number of rotatable bonds is 3. The van der Waals surface area contributed by atoms with Gasteiger partial charge >= 0.3 is 6.09 Å². The molecule has 0 atom stereocenters. The summed E-state index contributed by atoms with van der Waals surface area (Å²) < 4.78 is 0. The van der Waals surface area contributed by atoms with Gasteiger partial charge in [0.15, 0.2) is 0 Å². The minimum atomic E-state index is -1.03. The molecule has 0 saturated heterocycles. The summed E-state index contributed by atoms with van der Waals surface area (Å²) >= 11 is 0. The Morgan fingerprint density at radius 2 is 1.82 bits per heavy atom. The van der Waals surface area contributed by atoms with Crippen LogP contribution < -0.4 is 10.6 Å². The summed E-state index contributed by atoms with van der Waals surface area (Å²) in [7, 11) is 0. The van der Waals surface area contributed by atoms with Crippen LogP contribution in [0.15, 0.2) is 30.3 Å². The first-order valence-electron chi connectivity index (χ1n) is 5.50. The topological polar surface area (TPSA) is 78.4 Å². The molecular weight excluding hydrogens is 220 g/mol. The SMILES string of the molecule is O=C(O)NC1CC(C(=O)Nc2ccccc2)C1.